The van der Waals surface area contributed by atoms with Crippen LogP contribution in [0.25, 0.3) is 0 Å². The monoisotopic (exact) mass is 294 g/mol. The summed E-state index contributed by atoms with van der Waals surface area (Å²) in [7, 11) is 0. The SMILES string of the molecule is CCCC/C=C\CCCCCCC/C=C\C(O)CCCC. The molecule has 1 nitrogen and oxygen atoms in total. The third kappa shape index (κ3) is 17.4. The number of aliphatic hydroxyl groups excluding tert-OH is 1. The van der Waals surface area contributed by atoms with E-state index in [1.807, 2.05) is 6.08 Å². The molecule has 0 saturated carbocycles. The normalized spacial score (nSPS) is 13.5. The molecule has 0 heterocycles. The lowest BCUT2D eigenvalue weighted by atomic mass is 10.1. The summed E-state index contributed by atoms with van der Waals surface area (Å²) in [5, 5.41) is 9.66. The Bertz CT molecular complexity index is 242. The number of hydrogen-bond donors (Lipinski definition) is 1. The Balaban J connectivity index is 3.21. The fraction of sp³-hybridized carbons (Fsp3) is 0.800. The van der Waals surface area contributed by atoms with Crippen LogP contribution >= 0.6 is 0 Å². The smallest absolute Gasteiger partial charge is 0.0720 e. The quantitative estimate of drug-likeness (QED) is 0.267. The van der Waals surface area contributed by atoms with E-state index in [0.717, 1.165) is 19.3 Å². The maximum Gasteiger partial charge on any atom is 0.0720 e. The zero-order valence-electron chi connectivity index (χ0n) is 14.5. The van der Waals surface area contributed by atoms with E-state index in [4.69, 9.17) is 0 Å². The Hall–Kier alpha value is -0.560. The zero-order chi connectivity index (χ0) is 15.6. The van der Waals surface area contributed by atoms with Gasteiger partial charge >= 0.3 is 0 Å². The van der Waals surface area contributed by atoms with Crippen molar-refractivity contribution in [3.05, 3.63) is 24.3 Å². The van der Waals surface area contributed by atoms with Crippen molar-refractivity contribution in [3.63, 3.8) is 0 Å². The van der Waals surface area contributed by atoms with E-state index in [9.17, 15) is 5.11 Å². The summed E-state index contributed by atoms with van der Waals surface area (Å²) in [6.45, 7) is 4.41. The van der Waals surface area contributed by atoms with Gasteiger partial charge in [0.1, 0.15) is 0 Å². The van der Waals surface area contributed by atoms with Crippen molar-refractivity contribution < 1.29 is 5.11 Å². The molecule has 0 aliphatic heterocycles. The molecule has 0 aromatic rings. The van der Waals surface area contributed by atoms with Crippen molar-refractivity contribution in [2.75, 3.05) is 0 Å². The minimum Gasteiger partial charge on any atom is -0.389 e. The van der Waals surface area contributed by atoms with Crippen molar-refractivity contribution in [3.8, 4) is 0 Å². The van der Waals surface area contributed by atoms with Gasteiger partial charge in [-0.2, -0.15) is 0 Å². The molecule has 0 aromatic carbocycles. The molecule has 0 spiro atoms. The first-order valence-electron chi connectivity index (χ1n) is 9.31. The largest absolute Gasteiger partial charge is 0.389 e. The molecular formula is C20H38O. The summed E-state index contributed by atoms with van der Waals surface area (Å²) in [6, 6.07) is 0. The van der Waals surface area contributed by atoms with Gasteiger partial charge in [-0.25, -0.2) is 0 Å². The van der Waals surface area contributed by atoms with E-state index >= 15 is 0 Å². The summed E-state index contributed by atoms with van der Waals surface area (Å²) < 4.78 is 0. The first-order valence-corrected chi connectivity index (χ1v) is 9.31. The highest BCUT2D eigenvalue weighted by Gasteiger charge is 1.96. The van der Waals surface area contributed by atoms with E-state index in [0.29, 0.717) is 0 Å². The molecule has 0 radical (unpaired) electrons. The van der Waals surface area contributed by atoms with Crippen LogP contribution in [0.2, 0.25) is 0 Å². The molecule has 0 bridgehead atoms. The Labute approximate surface area is 133 Å². The summed E-state index contributed by atoms with van der Waals surface area (Å²) >= 11 is 0. The second kappa shape index (κ2) is 17.5. The van der Waals surface area contributed by atoms with Crippen LogP contribution in [0.3, 0.4) is 0 Å². The van der Waals surface area contributed by atoms with Gasteiger partial charge in [0.25, 0.3) is 0 Å². The van der Waals surface area contributed by atoms with Gasteiger partial charge in [-0.05, 0) is 38.5 Å². The summed E-state index contributed by atoms with van der Waals surface area (Å²) in [4.78, 5) is 0. The van der Waals surface area contributed by atoms with Crippen LogP contribution in [0.5, 0.6) is 0 Å². The van der Waals surface area contributed by atoms with Crippen LogP contribution in [-0.4, -0.2) is 11.2 Å². The van der Waals surface area contributed by atoms with E-state index in [1.54, 1.807) is 0 Å². The Morgan fingerprint density at radius 1 is 0.667 bits per heavy atom. The lowest BCUT2D eigenvalue weighted by Gasteiger charge is -2.03. The highest BCUT2D eigenvalue weighted by Crippen LogP contribution is 2.09. The van der Waals surface area contributed by atoms with Gasteiger partial charge in [0.05, 0.1) is 6.10 Å². The minimum absolute atomic E-state index is 0.218. The van der Waals surface area contributed by atoms with Gasteiger partial charge in [0, 0.05) is 0 Å². The van der Waals surface area contributed by atoms with Crippen LogP contribution in [0.15, 0.2) is 24.3 Å². The molecule has 0 fully saturated rings. The lowest BCUT2D eigenvalue weighted by molar-refractivity contribution is 0.209. The Morgan fingerprint density at radius 2 is 1.19 bits per heavy atom. The van der Waals surface area contributed by atoms with Gasteiger partial charge in [-0.15, -0.1) is 0 Å². The maximum absolute atomic E-state index is 9.66. The number of rotatable bonds is 15. The zero-order valence-corrected chi connectivity index (χ0v) is 14.5. The molecule has 124 valence electrons. The second-order valence-corrected chi connectivity index (χ2v) is 6.10. The first kappa shape index (κ1) is 20.4. The molecule has 0 saturated heterocycles. The van der Waals surface area contributed by atoms with Gasteiger partial charge in [-0.3, -0.25) is 0 Å². The summed E-state index contributed by atoms with van der Waals surface area (Å²) in [5.41, 5.74) is 0. The molecule has 1 unspecified atom stereocenters. The number of unbranched alkanes of at least 4 members (excludes halogenated alkanes) is 9. The third-order valence-corrected chi connectivity index (χ3v) is 3.84. The topological polar surface area (TPSA) is 20.2 Å². The average Bonchev–Trinajstić information content (AvgIpc) is 2.49. The molecule has 21 heavy (non-hydrogen) atoms. The average molecular weight is 295 g/mol. The van der Waals surface area contributed by atoms with Crippen molar-refractivity contribution in [1.29, 1.82) is 0 Å². The standard InChI is InChI=1S/C20H38O/c1-3-5-7-8-9-10-11-12-13-14-15-16-17-19-20(21)18-6-4-2/h8-9,17,19-21H,3-7,10-16,18H2,1-2H3/b9-8-,19-17-. The van der Waals surface area contributed by atoms with Crippen LogP contribution in [0.4, 0.5) is 0 Å². The Morgan fingerprint density at radius 3 is 1.81 bits per heavy atom. The molecule has 1 atom stereocenters. The molecule has 0 aliphatic rings. The van der Waals surface area contributed by atoms with Crippen LogP contribution in [-0.2, 0) is 0 Å². The molecule has 1 heteroatoms. The second-order valence-electron chi connectivity index (χ2n) is 6.10. The number of aliphatic hydroxyl groups is 1. The fourth-order valence-electron chi connectivity index (χ4n) is 2.38. The lowest BCUT2D eigenvalue weighted by Crippen LogP contribution is -2.00. The molecule has 1 N–H and O–H groups in total. The summed E-state index contributed by atoms with van der Waals surface area (Å²) in [5.74, 6) is 0. The van der Waals surface area contributed by atoms with E-state index in [-0.39, 0.29) is 6.10 Å². The minimum atomic E-state index is -0.218. The van der Waals surface area contributed by atoms with Gasteiger partial charge in [0.2, 0.25) is 0 Å². The molecule has 0 aromatic heterocycles. The van der Waals surface area contributed by atoms with Gasteiger partial charge < -0.3 is 5.11 Å². The van der Waals surface area contributed by atoms with E-state index < -0.39 is 0 Å². The van der Waals surface area contributed by atoms with Crippen LogP contribution in [0, 0.1) is 0 Å². The Kier molecular flexibility index (Phi) is 17.0. The van der Waals surface area contributed by atoms with Crippen LogP contribution in [0.1, 0.15) is 97.3 Å². The predicted molar refractivity (Wildman–Crippen MR) is 95.7 cm³/mol. The van der Waals surface area contributed by atoms with Crippen molar-refractivity contribution in [2.45, 2.75) is 103 Å². The third-order valence-electron chi connectivity index (χ3n) is 3.84. The molecule has 0 amide bonds. The summed E-state index contributed by atoms with van der Waals surface area (Å²) in [6.07, 6.45) is 24.8. The highest BCUT2D eigenvalue weighted by atomic mass is 16.3. The molecule has 0 rings (SSSR count). The van der Waals surface area contributed by atoms with Crippen LogP contribution < -0.4 is 0 Å². The van der Waals surface area contributed by atoms with Crippen molar-refractivity contribution in [2.24, 2.45) is 0 Å². The fourth-order valence-corrected chi connectivity index (χ4v) is 2.38. The van der Waals surface area contributed by atoms with Gasteiger partial charge in [-0.1, -0.05) is 83.1 Å². The van der Waals surface area contributed by atoms with Crippen molar-refractivity contribution in [1.82, 2.24) is 0 Å². The van der Waals surface area contributed by atoms with Crippen molar-refractivity contribution >= 4 is 0 Å². The van der Waals surface area contributed by atoms with E-state index in [1.165, 1.54) is 64.2 Å². The predicted octanol–water partition coefficient (Wildman–Crippen LogP) is 6.57. The number of allylic oxidation sites excluding steroid dienone is 3. The van der Waals surface area contributed by atoms with Gasteiger partial charge in [0.15, 0.2) is 0 Å². The highest BCUT2D eigenvalue weighted by molar-refractivity contribution is 4.88. The maximum atomic E-state index is 9.66. The first-order chi connectivity index (χ1) is 10.3. The number of hydrogen-bond acceptors (Lipinski definition) is 1. The molecular weight excluding hydrogens is 256 g/mol. The molecule has 0 aliphatic carbocycles. The van der Waals surface area contributed by atoms with E-state index in [2.05, 4.69) is 32.1 Å².